The van der Waals surface area contributed by atoms with E-state index in [4.69, 9.17) is 4.74 Å². The number of amides is 2. The van der Waals surface area contributed by atoms with Gasteiger partial charge in [0.25, 0.3) is 0 Å². The molecule has 19 heavy (non-hydrogen) atoms. The molecule has 0 bridgehead atoms. The first-order valence-electron chi connectivity index (χ1n) is 6.79. The monoisotopic (exact) mass is 268 g/mol. The second kappa shape index (κ2) is 7.16. The van der Waals surface area contributed by atoms with Crippen molar-refractivity contribution >= 4 is 12.0 Å². The van der Waals surface area contributed by atoms with Crippen LogP contribution in [0.3, 0.4) is 0 Å². The lowest BCUT2D eigenvalue weighted by atomic mass is 10.1. The largest absolute Gasteiger partial charge is 0.463 e. The van der Waals surface area contributed by atoms with Gasteiger partial charge in [-0.05, 0) is 27.2 Å². The smallest absolute Gasteiger partial charge is 0.317 e. The molecule has 1 rings (SSSR count). The van der Waals surface area contributed by atoms with Gasteiger partial charge in [0.05, 0.1) is 12.0 Å². The molecule has 0 aromatic rings. The zero-order valence-electron chi connectivity index (χ0n) is 12.2. The number of hydrogen-bond acceptors (Lipinski definition) is 3. The molecule has 0 aromatic heterocycles. The zero-order chi connectivity index (χ0) is 14.4. The third-order valence-corrected chi connectivity index (χ3v) is 3.04. The van der Waals surface area contributed by atoms with Crippen molar-refractivity contribution in [3.8, 4) is 0 Å². The highest BCUT2D eigenvalue weighted by Crippen LogP contribution is 2.09. The van der Waals surface area contributed by atoms with Crippen molar-refractivity contribution < 1.29 is 14.3 Å². The SMILES string of the molecule is CC1=CCN(C(=O)NCC(C)C(=O)OC(C)C)CC1. The Hall–Kier alpha value is -1.52. The van der Waals surface area contributed by atoms with Gasteiger partial charge in [0, 0.05) is 19.6 Å². The Balaban J connectivity index is 2.32. The van der Waals surface area contributed by atoms with Crippen LogP contribution in [0.25, 0.3) is 0 Å². The molecule has 0 saturated carbocycles. The molecule has 1 aliphatic rings. The summed E-state index contributed by atoms with van der Waals surface area (Å²) in [6.07, 6.45) is 2.85. The molecule has 2 amide bonds. The van der Waals surface area contributed by atoms with Crippen LogP contribution in [-0.4, -0.2) is 42.6 Å². The van der Waals surface area contributed by atoms with E-state index in [0.29, 0.717) is 13.1 Å². The number of ether oxygens (including phenoxy) is 1. The Morgan fingerprint density at radius 2 is 2.11 bits per heavy atom. The zero-order valence-corrected chi connectivity index (χ0v) is 12.2. The molecule has 5 nitrogen and oxygen atoms in total. The summed E-state index contributed by atoms with van der Waals surface area (Å²) in [5.41, 5.74) is 1.32. The predicted octanol–water partition coefficient (Wildman–Crippen LogP) is 1.94. The van der Waals surface area contributed by atoms with Crippen molar-refractivity contribution in [3.05, 3.63) is 11.6 Å². The summed E-state index contributed by atoms with van der Waals surface area (Å²) in [5.74, 6) is -0.599. The molecule has 0 radical (unpaired) electrons. The van der Waals surface area contributed by atoms with Crippen LogP contribution in [0.5, 0.6) is 0 Å². The van der Waals surface area contributed by atoms with Crippen LogP contribution in [-0.2, 0) is 9.53 Å². The summed E-state index contributed by atoms with van der Waals surface area (Å²) in [4.78, 5) is 25.2. The summed E-state index contributed by atoms with van der Waals surface area (Å²) in [6, 6.07) is -0.118. The van der Waals surface area contributed by atoms with Crippen molar-refractivity contribution in [2.75, 3.05) is 19.6 Å². The summed E-state index contributed by atoms with van der Waals surface area (Å²) in [5, 5.41) is 2.78. The Bertz CT molecular complexity index is 364. The van der Waals surface area contributed by atoms with Gasteiger partial charge in [-0.1, -0.05) is 18.6 Å². The first-order chi connectivity index (χ1) is 8.90. The second-order valence-corrected chi connectivity index (χ2v) is 5.32. The van der Waals surface area contributed by atoms with Crippen LogP contribution in [0, 0.1) is 5.92 Å². The number of nitrogens with one attached hydrogen (secondary N) is 1. The van der Waals surface area contributed by atoms with Crippen molar-refractivity contribution in [1.82, 2.24) is 10.2 Å². The van der Waals surface area contributed by atoms with Crippen LogP contribution < -0.4 is 5.32 Å². The van der Waals surface area contributed by atoms with Gasteiger partial charge in [-0.25, -0.2) is 4.79 Å². The van der Waals surface area contributed by atoms with E-state index in [1.54, 1.807) is 11.8 Å². The number of esters is 1. The first-order valence-corrected chi connectivity index (χ1v) is 6.79. The molecule has 1 unspecified atom stereocenters. The van der Waals surface area contributed by atoms with Crippen LogP contribution in [0.1, 0.15) is 34.1 Å². The van der Waals surface area contributed by atoms with Crippen molar-refractivity contribution in [1.29, 1.82) is 0 Å². The Morgan fingerprint density at radius 1 is 1.42 bits per heavy atom. The first kappa shape index (κ1) is 15.5. The average Bonchev–Trinajstić information content (AvgIpc) is 2.35. The Kier molecular flexibility index (Phi) is 5.86. The van der Waals surface area contributed by atoms with Crippen molar-refractivity contribution in [2.45, 2.75) is 40.2 Å². The highest BCUT2D eigenvalue weighted by molar-refractivity contribution is 5.77. The maximum absolute atomic E-state index is 11.9. The number of carbonyl (C=O) groups excluding carboxylic acids is 2. The van der Waals surface area contributed by atoms with E-state index < -0.39 is 0 Å². The van der Waals surface area contributed by atoms with Gasteiger partial charge >= 0.3 is 12.0 Å². The van der Waals surface area contributed by atoms with Crippen molar-refractivity contribution in [2.24, 2.45) is 5.92 Å². The van der Waals surface area contributed by atoms with Crippen LogP contribution in [0.15, 0.2) is 11.6 Å². The molecule has 0 aromatic carbocycles. The normalized spacial score (nSPS) is 16.9. The van der Waals surface area contributed by atoms with Gasteiger partial charge in [0.1, 0.15) is 0 Å². The van der Waals surface area contributed by atoms with E-state index in [1.165, 1.54) is 5.57 Å². The van der Waals surface area contributed by atoms with Gasteiger partial charge in [0.2, 0.25) is 0 Å². The minimum atomic E-state index is -0.326. The fraction of sp³-hybridized carbons (Fsp3) is 0.714. The third-order valence-electron chi connectivity index (χ3n) is 3.04. The number of rotatable bonds is 4. The van der Waals surface area contributed by atoms with E-state index in [2.05, 4.69) is 18.3 Å². The number of urea groups is 1. The summed E-state index contributed by atoms with van der Waals surface area (Å²) in [6.45, 7) is 9.13. The number of hydrogen-bond donors (Lipinski definition) is 1. The summed E-state index contributed by atoms with van der Waals surface area (Å²) >= 11 is 0. The second-order valence-electron chi connectivity index (χ2n) is 5.32. The van der Waals surface area contributed by atoms with E-state index >= 15 is 0 Å². The highest BCUT2D eigenvalue weighted by Gasteiger charge is 2.19. The van der Waals surface area contributed by atoms with Gasteiger partial charge in [-0.15, -0.1) is 0 Å². The number of carbonyl (C=O) groups is 2. The van der Waals surface area contributed by atoms with E-state index in [-0.39, 0.29) is 24.0 Å². The summed E-state index contributed by atoms with van der Waals surface area (Å²) < 4.78 is 5.09. The fourth-order valence-electron chi connectivity index (χ4n) is 1.74. The lowest BCUT2D eigenvalue weighted by Gasteiger charge is -2.26. The average molecular weight is 268 g/mol. The van der Waals surface area contributed by atoms with Crippen LogP contribution >= 0.6 is 0 Å². The summed E-state index contributed by atoms with van der Waals surface area (Å²) in [7, 11) is 0. The minimum absolute atomic E-state index is 0.118. The van der Waals surface area contributed by atoms with E-state index in [1.807, 2.05) is 13.8 Å². The molecule has 1 heterocycles. The minimum Gasteiger partial charge on any atom is -0.463 e. The van der Waals surface area contributed by atoms with Gasteiger partial charge in [-0.2, -0.15) is 0 Å². The number of nitrogens with zero attached hydrogens (tertiary/aromatic N) is 1. The Morgan fingerprint density at radius 3 is 2.63 bits per heavy atom. The van der Waals surface area contributed by atoms with Crippen LogP contribution in [0.4, 0.5) is 4.79 Å². The quantitative estimate of drug-likeness (QED) is 0.626. The predicted molar refractivity (Wildman–Crippen MR) is 73.7 cm³/mol. The molecule has 0 aliphatic carbocycles. The molecule has 1 atom stereocenters. The fourth-order valence-corrected chi connectivity index (χ4v) is 1.74. The molecular formula is C14H24N2O3. The van der Waals surface area contributed by atoms with E-state index in [9.17, 15) is 9.59 Å². The molecule has 0 spiro atoms. The Labute approximate surface area is 115 Å². The van der Waals surface area contributed by atoms with Gasteiger partial charge in [-0.3, -0.25) is 4.79 Å². The maximum Gasteiger partial charge on any atom is 0.317 e. The topological polar surface area (TPSA) is 58.6 Å². The molecule has 5 heteroatoms. The molecule has 1 aliphatic heterocycles. The third kappa shape index (κ3) is 5.32. The lowest BCUT2D eigenvalue weighted by molar-refractivity contribution is -0.151. The van der Waals surface area contributed by atoms with Gasteiger partial charge in [0.15, 0.2) is 0 Å². The molecule has 0 fully saturated rings. The molecule has 0 saturated heterocycles. The van der Waals surface area contributed by atoms with Crippen molar-refractivity contribution in [3.63, 3.8) is 0 Å². The van der Waals surface area contributed by atoms with E-state index in [0.717, 1.165) is 13.0 Å². The molecule has 108 valence electrons. The van der Waals surface area contributed by atoms with Gasteiger partial charge < -0.3 is 15.0 Å². The standard InChI is InChI=1S/C14H24N2O3/c1-10(2)19-13(17)12(4)9-15-14(18)16-7-5-11(3)6-8-16/h5,10,12H,6-9H2,1-4H3,(H,15,18). The highest BCUT2D eigenvalue weighted by atomic mass is 16.5. The van der Waals surface area contributed by atoms with Crippen LogP contribution in [0.2, 0.25) is 0 Å². The maximum atomic E-state index is 11.9. The lowest BCUT2D eigenvalue weighted by Crippen LogP contribution is -2.44. The molecular weight excluding hydrogens is 244 g/mol. The molecule has 1 N–H and O–H groups in total.